The van der Waals surface area contributed by atoms with Gasteiger partial charge in [0, 0.05) is 4.47 Å². The minimum absolute atomic E-state index is 0.0544. The molecule has 76 valence electrons. The molecule has 0 unspecified atom stereocenters. The normalized spacial score (nSPS) is 10.4. The number of esters is 1. The average molecular weight is 261 g/mol. The SMILES string of the molecule is CC(C)OC(=O)c1c(F)cccc1Br. The molecule has 0 N–H and O–H groups in total. The van der Waals surface area contributed by atoms with Crippen LogP contribution in [-0.4, -0.2) is 12.1 Å². The van der Waals surface area contributed by atoms with Gasteiger partial charge >= 0.3 is 5.97 Å². The van der Waals surface area contributed by atoms with Crippen LogP contribution in [0, 0.1) is 5.82 Å². The summed E-state index contributed by atoms with van der Waals surface area (Å²) in [5.74, 6) is -1.23. The predicted octanol–water partition coefficient (Wildman–Crippen LogP) is 3.15. The quantitative estimate of drug-likeness (QED) is 0.764. The Morgan fingerprint density at radius 2 is 2.14 bits per heavy atom. The molecule has 0 heterocycles. The van der Waals surface area contributed by atoms with Crippen LogP contribution in [0.3, 0.4) is 0 Å². The van der Waals surface area contributed by atoms with Crippen molar-refractivity contribution in [1.29, 1.82) is 0 Å². The molecular weight excluding hydrogens is 251 g/mol. The molecule has 0 aliphatic carbocycles. The van der Waals surface area contributed by atoms with Crippen molar-refractivity contribution >= 4 is 21.9 Å². The van der Waals surface area contributed by atoms with E-state index in [2.05, 4.69) is 15.9 Å². The highest BCUT2D eigenvalue weighted by molar-refractivity contribution is 9.10. The van der Waals surface area contributed by atoms with Crippen LogP contribution in [-0.2, 0) is 4.74 Å². The Hall–Kier alpha value is -0.900. The molecule has 0 radical (unpaired) electrons. The van der Waals surface area contributed by atoms with Crippen molar-refractivity contribution in [2.75, 3.05) is 0 Å². The molecule has 0 saturated heterocycles. The Morgan fingerprint density at radius 3 is 2.64 bits per heavy atom. The van der Waals surface area contributed by atoms with E-state index >= 15 is 0 Å². The summed E-state index contributed by atoms with van der Waals surface area (Å²) in [4.78, 5) is 11.4. The Labute approximate surface area is 90.2 Å². The first-order chi connectivity index (χ1) is 6.52. The lowest BCUT2D eigenvalue weighted by molar-refractivity contribution is 0.0371. The van der Waals surface area contributed by atoms with Gasteiger partial charge in [0.1, 0.15) is 11.4 Å². The summed E-state index contributed by atoms with van der Waals surface area (Å²) in [5, 5.41) is 0. The zero-order valence-electron chi connectivity index (χ0n) is 7.88. The van der Waals surface area contributed by atoms with Crippen molar-refractivity contribution in [3.8, 4) is 0 Å². The van der Waals surface area contributed by atoms with Gasteiger partial charge in [-0.3, -0.25) is 0 Å². The zero-order valence-corrected chi connectivity index (χ0v) is 9.47. The van der Waals surface area contributed by atoms with Crippen molar-refractivity contribution in [2.24, 2.45) is 0 Å². The third-order valence-corrected chi connectivity index (χ3v) is 2.17. The minimum atomic E-state index is -0.648. The van der Waals surface area contributed by atoms with Gasteiger partial charge < -0.3 is 4.74 Å². The maximum atomic E-state index is 13.2. The molecule has 2 nitrogen and oxygen atoms in total. The van der Waals surface area contributed by atoms with Gasteiger partial charge in [-0.15, -0.1) is 0 Å². The van der Waals surface area contributed by atoms with E-state index in [4.69, 9.17) is 4.74 Å². The van der Waals surface area contributed by atoms with Crippen LogP contribution in [0.25, 0.3) is 0 Å². The number of benzene rings is 1. The Bertz CT molecular complexity index is 330. The molecule has 0 fully saturated rings. The molecule has 1 aromatic rings. The lowest BCUT2D eigenvalue weighted by Gasteiger charge is -2.09. The molecule has 0 aromatic heterocycles. The minimum Gasteiger partial charge on any atom is -0.459 e. The smallest absolute Gasteiger partial charge is 0.342 e. The lowest BCUT2D eigenvalue weighted by atomic mass is 10.2. The summed E-state index contributed by atoms with van der Waals surface area (Å²) in [6.07, 6.45) is -0.256. The fraction of sp³-hybridized carbons (Fsp3) is 0.300. The highest BCUT2D eigenvalue weighted by Gasteiger charge is 2.17. The van der Waals surface area contributed by atoms with Crippen LogP contribution in [0.15, 0.2) is 22.7 Å². The van der Waals surface area contributed by atoms with Crippen molar-refractivity contribution in [3.63, 3.8) is 0 Å². The van der Waals surface area contributed by atoms with E-state index in [0.29, 0.717) is 4.47 Å². The topological polar surface area (TPSA) is 26.3 Å². The first kappa shape index (κ1) is 11.2. The summed E-state index contributed by atoms with van der Waals surface area (Å²) < 4.78 is 18.5. The van der Waals surface area contributed by atoms with Crippen LogP contribution in [0.4, 0.5) is 4.39 Å². The second-order valence-corrected chi connectivity index (χ2v) is 3.91. The third-order valence-electron chi connectivity index (χ3n) is 1.51. The van der Waals surface area contributed by atoms with Gasteiger partial charge in [-0.05, 0) is 41.9 Å². The van der Waals surface area contributed by atoms with Crippen LogP contribution in [0.2, 0.25) is 0 Å². The Morgan fingerprint density at radius 1 is 1.50 bits per heavy atom. The second-order valence-electron chi connectivity index (χ2n) is 3.05. The number of carbonyl (C=O) groups excluding carboxylic acids is 1. The van der Waals surface area contributed by atoms with E-state index in [0.717, 1.165) is 0 Å². The monoisotopic (exact) mass is 260 g/mol. The highest BCUT2D eigenvalue weighted by atomic mass is 79.9. The van der Waals surface area contributed by atoms with Crippen molar-refractivity contribution in [2.45, 2.75) is 20.0 Å². The van der Waals surface area contributed by atoms with E-state index < -0.39 is 11.8 Å². The van der Waals surface area contributed by atoms with Crippen LogP contribution < -0.4 is 0 Å². The van der Waals surface area contributed by atoms with Gasteiger partial charge in [0.05, 0.1) is 6.10 Å². The fourth-order valence-electron chi connectivity index (χ4n) is 0.966. The van der Waals surface area contributed by atoms with E-state index in [1.165, 1.54) is 12.1 Å². The van der Waals surface area contributed by atoms with Gasteiger partial charge in [0.25, 0.3) is 0 Å². The van der Waals surface area contributed by atoms with E-state index in [9.17, 15) is 9.18 Å². The van der Waals surface area contributed by atoms with Crippen molar-refractivity contribution in [3.05, 3.63) is 34.1 Å². The molecule has 1 aromatic carbocycles. The van der Waals surface area contributed by atoms with Crippen molar-refractivity contribution in [1.82, 2.24) is 0 Å². The predicted molar refractivity (Wildman–Crippen MR) is 54.7 cm³/mol. The van der Waals surface area contributed by atoms with Gasteiger partial charge in [-0.2, -0.15) is 0 Å². The Balaban J connectivity index is 3.00. The number of hydrogen-bond acceptors (Lipinski definition) is 2. The van der Waals surface area contributed by atoms with Crippen LogP contribution in [0.1, 0.15) is 24.2 Å². The van der Waals surface area contributed by atoms with Crippen LogP contribution >= 0.6 is 15.9 Å². The first-order valence-corrected chi connectivity index (χ1v) is 4.96. The van der Waals surface area contributed by atoms with Gasteiger partial charge in [-0.1, -0.05) is 6.07 Å². The summed E-state index contributed by atoms with van der Waals surface area (Å²) in [6.45, 7) is 3.43. The molecule has 0 aliphatic rings. The average Bonchev–Trinajstić information content (AvgIpc) is 2.01. The molecule has 0 aliphatic heterocycles. The second kappa shape index (κ2) is 4.55. The zero-order chi connectivity index (χ0) is 10.7. The molecular formula is C10H10BrFO2. The van der Waals surface area contributed by atoms with Crippen molar-refractivity contribution < 1.29 is 13.9 Å². The summed E-state index contributed by atoms with van der Waals surface area (Å²) in [6, 6.07) is 4.34. The van der Waals surface area contributed by atoms with E-state index in [-0.39, 0.29) is 11.7 Å². The summed E-state index contributed by atoms with van der Waals surface area (Å²) in [7, 11) is 0. The molecule has 0 saturated carbocycles. The maximum Gasteiger partial charge on any atom is 0.342 e. The number of ether oxygens (including phenoxy) is 1. The van der Waals surface area contributed by atoms with E-state index in [1.807, 2.05) is 0 Å². The lowest BCUT2D eigenvalue weighted by Crippen LogP contribution is -2.13. The summed E-state index contributed by atoms with van der Waals surface area (Å²) in [5.41, 5.74) is -0.0544. The molecule has 0 atom stereocenters. The maximum absolute atomic E-state index is 13.2. The molecule has 4 heteroatoms. The molecule has 14 heavy (non-hydrogen) atoms. The molecule has 0 amide bonds. The number of halogens is 2. The number of hydrogen-bond donors (Lipinski definition) is 0. The molecule has 0 bridgehead atoms. The van der Waals surface area contributed by atoms with Crippen LogP contribution in [0.5, 0.6) is 0 Å². The summed E-state index contributed by atoms with van der Waals surface area (Å²) >= 11 is 3.10. The Kier molecular flexibility index (Phi) is 3.63. The van der Waals surface area contributed by atoms with Gasteiger partial charge in [0.15, 0.2) is 0 Å². The highest BCUT2D eigenvalue weighted by Crippen LogP contribution is 2.20. The number of carbonyl (C=O) groups is 1. The first-order valence-electron chi connectivity index (χ1n) is 4.17. The van der Waals surface area contributed by atoms with Gasteiger partial charge in [-0.25, -0.2) is 9.18 Å². The molecule has 1 rings (SSSR count). The third kappa shape index (κ3) is 2.54. The largest absolute Gasteiger partial charge is 0.459 e. The number of rotatable bonds is 2. The molecule has 0 spiro atoms. The fourth-order valence-corrected chi connectivity index (χ4v) is 1.47. The van der Waals surface area contributed by atoms with Gasteiger partial charge in [0.2, 0.25) is 0 Å². The standard InChI is InChI=1S/C10H10BrFO2/c1-6(2)14-10(13)9-7(11)4-3-5-8(9)12/h3-6H,1-2H3. The van der Waals surface area contributed by atoms with E-state index in [1.54, 1.807) is 19.9 Å².